The van der Waals surface area contributed by atoms with Crippen LogP contribution in [0.3, 0.4) is 0 Å². The number of piperidine rings is 1. The molecule has 2 aliphatic rings. The Bertz CT molecular complexity index is 1000. The highest BCUT2D eigenvalue weighted by Crippen LogP contribution is 2.41. The molecular weight excluding hydrogens is 392 g/mol. The third-order valence-corrected chi connectivity index (χ3v) is 6.70. The number of ether oxygens (including phenoxy) is 1. The average Bonchev–Trinajstić information content (AvgIpc) is 3.18. The standard InChI is InChI=1S/C24H32N4O3/c1-16(2)31-21-8-6-19(25-17(21)3)23(30)27-12-10-24(11-13-27)22-9-7-20(18(4)29)28(22)15-14-26(24)5/h6-9,16H,10-15H2,1-5H3. The number of fused-ring (bicyclic) bond motifs is 2. The molecule has 1 spiro atoms. The second-order valence-corrected chi connectivity index (χ2v) is 9.00. The first-order valence-corrected chi connectivity index (χ1v) is 11.1. The van der Waals surface area contributed by atoms with Gasteiger partial charge in [0, 0.05) is 38.8 Å². The van der Waals surface area contributed by atoms with Crippen LogP contribution in [0.25, 0.3) is 0 Å². The van der Waals surface area contributed by atoms with Crippen molar-refractivity contribution in [2.45, 2.75) is 58.7 Å². The largest absolute Gasteiger partial charge is 0.489 e. The Balaban J connectivity index is 1.52. The smallest absolute Gasteiger partial charge is 0.272 e. The van der Waals surface area contributed by atoms with Gasteiger partial charge < -0.3 is 14.2 Å². The quantitative estimate of drug-likeness (QED) is 0.705. The van der Waals surface area contributed by atoms with E-state index >= 15 is 0 Å². The molecule has 0 unspecified atom stereocenters. The van der Waals surface area contributed by atoms with Gasteiger partial charge in [-0.3, -0.25) is 14.5 Å². The van der Waals surface area contributed by atoms with Crippen LogP contribution in [0.2, 0.25) is 0 Å². The molecule has 166 valence electrons. The van der Waals surface area contributed by atoms with Gasteiger partial charge in [-0.2, -0.15) is 0 Å². The first kappa shape index (κ1) is 21.6. The minimum atomic E-state index is -0.138. The summed E-state index contributed by atoms with van der Waals surface area (Å²) in [6.45, 7) is 10.5. The summed E-state index contributed by atoms with van der Waals surface area (Å²) in [5, 5.41) is 0. The molecule has 0 atom stereocenters. The highest BCUT2D eigenvalue weighted by Gasteiger charge is 2.45. The third kappa shape index (κ3) is 3.76. The highest BCUT2D eigenvalue weighted by molar-refractivity contribution is 5.93. The van der Waals surface area contributed by atoms with Crippen LogP contribution in [0.1, 0.15) is 66.0 Å². The van der Waals surface area contributed by atoms with Gasteiger partial charge in [-0.05, 0) is 64.9 Å². The molecule has 0 aromatic carbocycles. The van der Waals surface area contributed by atoms with Crippen LogP contribution in [0.15, 0.2) is 24.3 Å². The highest BCUT2D eigenvalue weighted by atomic mass is 16.5. The van der Waals surface area contributed by atoms with E-state index in [2.05, 4.69) is 27.6 Å². The number of Topliss-reactive ketones (excluding diaryl/α,β-unsaturated/α-hetero) is 1. The molecular formula is C24H32N4O3. The SMILES string of the molecule is CC(=O)c1ccc2n1CCN(C)C21CCN(C(=O)c2ccc(OC(C)C)c(C)n2)CC1. The van der Waals surface area contributed by atoms with E-state index in [1.165, 1.54) is 5.69 Å². The minimum Gasteiger partial charge on any atom is -0.489 e. The fourth-order valence-electron chi connectivity index (χ4n) is 5.01. The second-order valence-electron chi connectivity index (χ2n) is 9.00. The Morgan fingerprint density at radius 2 is 1.77 bits per heavy atom. The van der Waals surface area contributed by atoms with Crippen molar-refractivity contribution in [3.8, 4) is 5.75 Å². The number of pyridine rings is 1. The molecule has 4 rings (SSSR count). The van der Waals surface area contributed by atoms with Crippen LogP contribution >= 0.6 is 0 Å². The maximum absolute atomic E-state index is 13.1. The third-order valence-electron chi connectivity index (χ3n) is 6.70. The van der Waals surface area contributed by atoms with E-state index < -0.39 is 0 Å². The van der Waals surface area contributed by atoms with Crippen LogP contribution < -0.4 is 4.74 Å². The minimum absolute atomic E-state index is 0.0349. The van der Waals surface area contributed by atoms with Gasteiger partial charge in [0.15, 0.2) is 5.78 Å². The molecule has 7 heteroatoms. The number of carbonyl (C=O) groups excluding carboxylic acids is 2. The lowest BCUT2D eigenvalue weighted by Crippen LogP contribution is -2.56. The molecule has 0 aliphatic carbocycles. The number of rotatable bonds is 4. The zero-order chi connectivity index (χ0) is 22.3. The summed E-state index contributed by atoms with van der Waals surface area (Å²) in [5.74, 6) is 0.784. The van der Waals surface area contributed by atoms with Gasteiger partial charge in [-0.1, -0.05) is 0 Å². The van der Waals surface area contributed by atoms with Crippen molar-refractivity contribution in [3.63, 3.8) is 0 Å². The van der Waals surface area contributed by atoms with Crippen LogP contribution in [0.4, 0.5) is 0 Å². The van der Waals surface area contributed by atoms with E-state index in [0.29, 0.717) is 18.8 Å². The molecule has 1 amide bonds. The number of hydrogen-bond donors (Lipinski definition) is 0. The zero-order valence-corrected chi connectivity index (χ0v) is 19.1. The normalized spacial score (nSPS) is 18.3. The lowest BCUT2D eigenvalue weighted by Gasteiger charge is -2.50. The van der Waals surface area contributed by atoms with Crippen LogP contribution in [0.5, 0.6) is 5.75 Å². The van der Waals surface area contributed by atoms with Crippen molar-refractivity contribution in [2.75, 3.05) is 26.7 Å². The fraction of sp³-hybridized carbons (Fsp3) is 0.542. The summed E-state index contributed by atoms with van der Waals surface area (Å²) in [7, 11) is 2.15. The summed E-state index contributed by atoms with van der Waals surface area (Å²) in [5.41, 5.74) is 3.03. The molecule has 1 saturated heterocycles. The Labute approximate surface area is 184 Å². The number of ketones is 1. The lowest BCUT2D eigenvalue weighted by molar-refractivity contribution is 0.0126. The maximum Gasteiger partial charge on any atom is 0.272 e. The summed E-state index contributed by atoms with van der Waals surface area (Å²) < 4.78 is 7.92. The Morgan fingerprint density at radius 1 is 1.06 bits per heavy atom. The molecule has 0 radical (unpaired) electrons. The monoisotopic (exact) mass is 424 g/mol. The number of hydrogen-bond acceptors (Lipinski definition) is 5. The molecule has 0 bridgehead atoms. The van der Waals surface area contributed by atoms with Crippen molar-refractivity contribution in [3.05, 3.63) is 47.0 Å². The summed E-state index contributed by atoms with van der Waals surface area (Å²) in [4.78, 5) is 34.0. The van der Waals surface area contributed by atoms with Crippen LogP contribution in [0, 0.1) is 6.92 Å². The Kier molecular flexibility index (Phi) is 5.64. The molecule has 0 N–H and O–H groups in total. The van der Waals surface area contributed by atoms with Crippen molar-refractivity contribution < 1.29 is 14.3 Å². The Hall–Kier alpha value is -2.67. The lowest BCUT2D eigenvalue weighted by atomic mass is 9.81. The predicted molar refractivity (Wildman–Crippen MR) is 119 cm³/mol. The molecule has 2 aromatic heterocycles. The molecule has 2 aromatic rings. The van der Waals surface area contributed by atoms with Gasteiger partial charge in [0.1, 0.15) is 11.4 Å². The van der Waals surface area contributed by atoms with Gasteiger partial charge in [-0.15, -0.1) is 0 Å². The molecule has 7 nitrogen and oxygen atoms in total. The van der Waals surface area contributed by atoms with E-state index in [4.69, 9.17) is 4.74 Å². The van der Waals surface area contributed by atoms with Crippen molar-refractivity contribution in [2.24, 2.45) is 0 Å². The predicted octanol–water partition coefficient (Wildman–Crippen LogP) is 3.26. The molecule has 0 saturated carbocycles. The topological polar surface area (TPSA) is 67.7 Å². The van der Waals surface area contributed by atoms with E-state index in [0.717, 1.165) is 43.1 Å². The van der Waals surface area contributed by atoms with E-state index in [1.807, 2.05) is 37.8 Å². The Morgan fingerprint density at radius 3 is 2.39 bits per heavy atom. The molecule has 4 heterocycles. The van der Waals surface area contributed by atoms with Crippen LogP contribution in [-0.4, -0.2) is 63.8 Å². The molecule has 2 aliphatic heterocycles. The van der Waals surface area contributed by atoms with Gasteiger partial charge in [-0.25, -0.2) is 4.98 Å². The van der Waals surface area contributed by atoms with E-state index in [-0.39, 0.29) is 23.3 Å². The number of nitrogens with zero attached hydrogens (tertiary/aromatic N) is 4. The average molecular weight is 425 g/mol. The second kappa shape index (κ2) is 8.11. The number of aromatic nitrogens is 2. The fourth-order valence-corrected chi connectivity index (χ4v) is 5.01. The number of aryl methyl sites for hydroxylation is 1. The van der Waals surface area contributed by atoms with Gasteiger partial charge >= 0.3 is 0 Å². The van der Waals surface area contributed by atoms with Crippen molar-refractivity contribution in [1.82, 2.24) is 19.4 Å². The van der Waals surface area contributed by atoms with E-state index in [1.54, 1.807) is 13.0 Å². The number of carbonyl (C=O) groups is 2. The van der Waals surface area contributed by atoms with Crippen LogP contribution in [-0.2, 0) is 12.1 Å². The maximum atomic E-state index is 13.1. The first-order chi connectivity index (χ1) is 14.7. The summed E-state index contributed by atoms with van der Waals surface area (Å²) >= 11 is 0. The number of likely N-dealkylation sites (N-methyl/N-ethyl adjacent to an activating group) is 1. The molecule has 1 fully saturated rings. The summed E-state index contributed by atoms with van der Waals surface area (Å²) in [6.07, 6.45) is 1.74. The van der Waals surface area contributed by atoms with E-state index in [9.17, 15) is 9.59 Å². The number of likely N-dealkylation sites (tertiary alicyclic amines) is 1. The van der Waals surface area contributed by atoms with Gasteiger partial charge in [0.25, 0.3) is 5.91 Å². The van der Waals surface area contributed by atoms with Gasteiger partial charge in [0.05, 0.1) is 23.0 Å². The zero-order valence-electron chi connectivity index (χ0n) is 19.1. The number of amides is 1. The molecule has 31 heavy (non-hydrogen) atoms. The summed E-state index contributed by atoms with van der Waals surface area (Å²) in [6, 6.07) is 7.65. The van der Waals surface area contributed by atoms with Crippen molar-refractivity contribution >= 4 is 11.7 Å². The van der Waals surface area contributed by atoms with Crippen molar-refractivity contribution in [1.29, 1.82) is 0 Å². The van der Waals surface area contributed by atoms with Gasteiger partial charge in [0.2, 0.25) is 0 Å². The first-order valence-electron chi connectivity index (χ1n) is 11.1.